The van der Waals surface area contributed by atoms with Gasteiger partial charge < -0.3 is 10.6 Å². The second-order valence-corrected chi connectivity index (χ2v) is 8.31. The molecular weight excluding hydrogens is 389 g/mol. The van der Waals surface area contributed by atoms with E-state index in [1.54, 1.807) is 0 Å². The number of likely N-dealkylation sites (tertiary alicyclic amines) is 1. The first-order valence-electron chi connectivity index (χ1n) is 9.11. The number of carbonyl (C=O) groups excluding carboxylic acids is 1. The first-order chi connectivity index (χ1) is 11.7. The van der Waals surface area contributed by atoms with Crippen molar-refractivity contribution in [2.75, 3.05) is 36.5 Å². The number of piperidine rings is 1. The third-order valence-corrected chi connectivity index (χ3v) is 5.95. The molecule has 0 aliphatic carbocycles. The lowest BCUT2D eigenvalue weighted by molar-refractivity contribution is -0.116. The van der Waals surface area contributed by atoms with Crippen LogP contribution in [0.5, 0.6) is 0 Å². The molecule has 3 rings (SSSR count). The van der Waals surface area contributed by atoms with Gasteiger partial charge in [0.15, 0.2) is 0 Å². The van der Waals surface area contributed by atoms with Crippen LogP contribution in [0.2, 0.25) is 0 Å². The number of carbonyl (C=O) groups is 1. The molecule has 148 valence electrons. The maximum atomic E-state index is 12.1. The molecule has 0 radical (unpaired) electrons. The zero-order valence-corrected chi connectivity index (χ0v) is 17.9. The van der Waals surface area contributed by atoms with E-state index in [1.807, 2.05) is 23.9 Å². The van der Waals surface area contributed by atoms with Gasteiger partial charge in [-0.25, -0.2) is 0 Å². The van der Waals surface area contributed by atoms with Crippen molar-refractivity contribution in [1.82, 2.24) is 10.2 Å². The summed E-state index contributed by atoms with van der Waals surface area (Å²) in [6, 6.07) is 8.66. The minimum Gasteiger partial charge on any atom is -0.326 e. The summed E-state index contributed by atoms with van der Waals surface area (Å²) in [6.07, 6.45) is 3.22. The van der Waals surface area contributed by atoms with E-state index in [4.69, 9.17) is 0 Å². The van der Waals surface area contributed by atoms with Gasteiger partial charge in [0.25, 0.3) is 0 Å². The lowest BCUT2D eigenvalue weighted by Crippen LogP contribution is -2.39. The molecule has 2 N–H and O–H groups in total. The summed E-state index contributed by atoms with van der Waals surface area (Å²) in [5, 5.41) is 6.43. The normalized spacial score (nSPS) is 23.4. The van der Waals surface area contributed by atoms with Crippen molar-refractivity contribution in [2.24, 2.45) is 5.92 Å². The third kappa shape index (κ3) is 7.65. The Labute approximate surface area is 174 Å². The summed E-state index contributed by atoms with van der Waals surface area (Å²) in [6.45, 7) is 6.76. The number of hydrogen-bond acceptors (Lipinski definition) is 4. The Morgan fingerprint density at radius 1 is 1.31 bits per heavy atom. The number of nitrogens with one attached hydrogen (secondary N) is 2. The third-order valence-electron chi connectivity index (χ3n) is 4.82. The number of hydrogen-bond donors (Lipinski definition) is 2. The number of anilines is 1. The van der Waals surface area contributed by atoms with E-state index in [-0.39, 0.29) is 30.7 Å². The number of amides is 1. The van der Waals surface area contributed by atoms with E-state index in [9.17, 15) is 4.79 Å². The number of benzene rings is 1. The fourth-order valence-corrected chi connectivity index (χ4v) is 4.52. The molecule has 1 aromatic rings. The van der Waals surface area contributed by atoms with Gasteiger partial charge in [-0.2, -0.15) is 11.8 Å². The van der Waals surface area contributed by atoms with Crippen LogP contribution in [-0.4, -0.2) is 48.0 Å². The molecule has 2 saturated heterocycles. The number of halogens is 2. The largest absolute Gasteiger partial charge is 0.326 e. The Morgan fingerprint density at radius 3 is 2.73 bits per heavy atom. The summed E-state index contributed by atoms with van der Waals surface area (Å²) < 4.78 is 0. The quantitative estimate of drug-likeness (QED) is 0.761. The molecule has 2 aliphatic rings. The van der Waals surface area contributed by atoms with Crippen molar-refractivity contribution < 1.29 is 4.79 Å². The fraction of sp³-hybridized carbons (Fsp3) is 0.632. The maximum Gasteiger partial charge on any atom is 0.225 e. The molecule has 0 spiro atoms. The van der Waals surface area contributed by atoms with Crippen LogP contribution >= 0.6 is 36.6 Å². The Balaban J connectivity index is 0.00000169. The first-order valence-corrected chi connectivity index (χ1v) is 10.3. The standard InChI is InChI=1S/C19H29N3OS.2ClH/c1-15-3-2-9-22(12-15)13-16-4-6-17(7-5-16)21-19(23)11-18-14-24-10-8-20-18;;/h4-7,15,18,20H,2-3,8-14H2,1H3,(H,21,23);2*1H. The van der Waals surface area contributed by atoms with Gasteiger partial charge in [-0.05, 0) is 43.0 Å². The smallest absolute Gasteiger partial charge is 0.225 e. The average molecular weight is 420 g/mol. The number of thioether (sulfide) groups is 1. The summed E-state index contributed by atoms with van der Waals surface area (Å²) in [7, 11) is 0. The highest BCUT2D eigenvalue weighted by atomic mass is 35.5. The van der Waals surface area contributed by atoms with Gasteiger partial charge in [-0.1, -0.05) is 19.1 Å². The van der Waals surface area contributed by atoms with Crippen molar-refractivity contribution in [2.45, 2.75) is 38.8 Å². The van der Waals surface area contributed by atoms with Crippen LogP contribution in [-0.2, 0) is 11.3 Å². The van der Waals surface area contributed by atoms with Crippen LogP contribution < -0.4 is 10.6 Å². The van der Waals surface area contributed by atoms with Gasteiger partial charge in [0.2, 0.25) is 5.91 Å². The summed E-state index contributed by atoms with van der Waals surface area (Å²) in [5.74, 6) is 3.09. The SMILES string of the molecule is CC1CCCN(Cc2ccc(NC(=O)CC3CSCCN3)cc2)C1.Cl.Cl. The molecule has 26 heavy (non-hydrogen) atoms. The maximum absolute atomic E-state index is 12.1. The van der Waals surface area contributed by atoms with Gasteiger partial charge in [0.05, 0.1) is 0 Å². The highest BCUT2D eigenvalue weighted by Gasteiger charge is 2.17. The van der Waals surface area contributed by atoms with Crippen LogP contribution in [0.25, 0.3) is 0 Å². The molecule has 7 heteroatoms. The van der Waals surface area contributed by atoms with Crippen molar-refractivity contribution in [3.05, 3.63) is 29.8 Å². The summed E-state index contributed by atoms with van der Waals surface area (Å²) >= 11 is 1.92. The van der Waals surface area contributed by atoms with Gasteiger partial charge in [-0.3, -0.25) is 9.69 Å². The average Bonchev–Trinajstić information content (AvgIpc) is 2.57. The monoisotopic (exact) mass is 419 g/mol. The molecule has 0 bridgehead atoms. The van der Waals surface area contributed by atoms with Crippen LogP contribution in [0.15, 0.2) is 24.3 Å². The van der Waals surface area contributed by atoms with Crippen LogP contribution in [0.3, 0.4) is 0 Å². The summed E-state index contributed by atoms with van der Waals surface area (Å²) in [4.78, 5) is 14.7. The molecule has 2 aliphatic heterocycles. The molecular formula is C19H31Cl2N3OS. The van der Waals surface area contributed by atoms with Gasteiger partial charge in [0, 0.05) is 49.3 Å². The van der Waals surface area contributed by atoms with Crippen LogP contribution in [0.1, 0.15) is 31.7 Å². The molecule has 2 unspecified atom stereocenters. The van der Waals surface area contributed by atoms with E-state index in [1.165, 1.54) is 31.5 Å². The summed E-state index contributed by atoms with van der Waals surface area (Å²) in [5.41, 5.74) is 2.23. The van der Waals surface area contributed by atoms with Gasteiger partial charge >= 0.3 is 0 Å². The highest BCUT2D eigenvalue weighted by Crippen LogP contribution is 2.19. The second kappa shape index (κ2) is 12.1. The van der Waals surface area contributed by atoms with E-state index in [0.717, 1.165) is 36.2 Å². The minimum atomic E-state index is 0. The minimum absolute atomic E-state index is 0. The molecule has 2 fully saturated rings. The van der Waals surface area contributed by atoms with E-state index in [0.29, 0.717) is 12.5 Å². The van der Waals surface area contributed by atoms with Gasteiger partial charge in [0.1, 0.15) is 0 Å². The fourth-order valence-electron chi connectivity index (χ4n) is 3.57. The van der Waals surface area contributed by atoms with Crippen molar-refractivity contribution >= 4 is 48.2 Å². The lowest BCUT2D eigenvalue weighted by Gasteiger charge is -2.30. The molecule has 1 amide bonds. The van der Waals surface area contributed by atoms with E-state index in [2.05, 4.69) is 34.6 Å². The number of rotatable bonds is 5. The van der Waals surface area contributed by atoms with Crippen molar-refractivity contribution in [1.29, 1.82) is 0 Å². The zero-order valence-electron chi connectivity index (χ0n) is 15.4. The molecule has 0 saturated carbocycles. The first kappa shape index (κ1) is 23.6. The molecule has 2 atom stereocenters. The van der Waals surface area contributed by atoms with Crippen LogP contribution in [0.4, 0.5) is 5.69 Å². The Hall–Kier alpha value is -0.460. The lowest BCUT2D eigenvalue weighted by atomic mass is 10.00. The molecule has 0 aromatic heterocycles. The molecule has 1 aromatic carbocycles. The highest BCUT2D eigenvalue weighted by molar-refractivity contribution is 7.99. The topological polar surface area (TPSA) is 44.4 Å². The van der Waals surface area contributed by atoms with E-state index < -0.39 is 0 Å². The Kier molecular flexibility index (Phi) is 11.0. The Morgan fingerprint density at radius 2 is 2.08 bits per heavy atom. The predicted octanol–water partition coefficient (Wildman–Crippen LogP) is 3.80. The molecule has 4 nitrogen and oxygen atoms in total. The van der Waals surface area contributed by atoms with Gasteiger partial charge in [-0.15, -0.1) is 24.8 Å². The van der Waals surface area contributed by atoms with Crippen molar-refractivity contribution in [3.63, 3.8) is 0 Å². The zero-order chi connectivity index (χ0) is 16.8. The van der Waals surface area contributed by atoms with Crippen LogP contribution in [0, 0.1) is 5.92 Å². The second-order valence-electron chi connectivity index (χ2n) is 7.16. The van der Waals surface area contributed by atoms with Crippen molar-refractivity contribution in [3.8, 4) is 0 Å². The molecule has 2 heterocycles. The van der Waals surface area contributed by atoms with E-state index >= 15 is 0 Å². The predicted molar refractivity (Wildman–Crippen MR) is 117 cm³/mol. The number of nitrogens with zero attached hydrogens (tertiary/aromatic N) is 1. The Bertz CT molecular complexity index is 538.